The molecule has 0 bridgehead atoms. The van der Waals surface area contributed by atoms with Gasteiger partial charge in [-0.2, -0.15) is 0 Å². The number of aryl methyl sites for hydroxylation is 1. The molecule has 5 nitrogen and oxygen atoms in total. The monoisotopic (exact) mass is 396 g/mol. The number of anilines is 1. The summed E-state index contributed by atoms with van der Waals surface area (Å²) in [5.74, 6) is 0. The zero-order valence-electron chi connectivity index (χ0n) is 14.8. The van der Waals surface area contributed by atoms with Crippen molar-refractivity contribution in [1.82, 2.24) is 4.72 Å². The topological polar surface area (TPSA) is 81.4 Å². The van der Waals surface area contributed by atoms with Crippen LogP contribution in [0.25, 0.3) is 0 Å². The van der Waals surface area contributed by atoms with E-state index in [9.17, 15) is 8.42 Å². The Morgan fingerprint density at radius 1 is 1.19 bits per heavy atom. The van der Waals surface area contributed by atoms with Crippen molar-refractivity contribution < 1.29 is 13.2 Å². The van der Waals surface area contributed by atoms with Crippen molar-refractivity contribution in [2.45, 2.75) is 36.6 Å². The lowest BCUT2D eigenvalue weighted by atomic mass is 9.88. The molecule has 0 aliphatic heterocycles. The van der Waals surface area contributed by atoms with Gasteiger partial charge in [0.15, 0.2) is 0 Å². The van der Waals surface area contributed by atoms with Crippen LogP contribution in [0, 0.1) is 0 Å². The van der Waals surface area contributed by atoms with Crippen molar-refractivity contribution in [2.24, 2.45) is 0 Å². The van der Waals surface area contributed by atoms with E-state index >= 15 is 0 Å². The fourth-order valence-electron chi connectivity index (χ4n) is 3.27. The zero-order valence-corrected chi connectivity index (χ0v) is 16.4. The normalized spacial score (nSPS) is 16.6. The Bertz CT molecular complexity index is 838. The molecule has 2 aromatic rings. The Morgan fingerprint density at radius 2 is 1.92 bits per heavy atom. The predicted octanol–water partition coefficient (Wildman–Crippen LogP) is 3.24. The van der Waals surface area contributed by atoms with Crippen LogP contribution in [0.5, 0.6) is 0 Å². The first-order chi connectivity index (χ1) is 12.0. The second-order valence-corrected chi connectivity index (χ2v) is 8.13. The molecular weight excluding hydrogens is 372 g/mol. The average Bonchev–Trinajstić information content (AvgIpc) is 2.60. The fraction of sp³-hybridized carbons (Fsp3) is 0.368. The summed E-state index contributed by atoms with van der Waals surface area (Å²) in [7, 11) is -1.91. The molecule has 0 saturated carbocycles. The maximum absolute atomic E-state index is 12.7. The Hall–Kier alpha value is -1.60. The minimum Gasteiger partial charge on any atom is -0.399 e. The lowest BCUT2D eigenvalue weighted by Gasteiger charge is -2.26. The van der Waals surface area contributed by atoms with Crippen LogP contribution in [-0.2, 0) is 27.6 Å². The van der Waals surface area contributed by atoms with Gasteiger partial charge in [-0.15, -0.1) is 12.4 Å². The molecular formula is C19H25ClN2O3S. The van der Waals surface area contributed by atoms with Crippen molar-refractivity contribution in [1.29, 1.82) is 0 Å². The van der Waals surface area contributed by atoms with E-state index in [4.69, 9.17) is 10.5 Å². The SMILES string of the molecule is COCCc1ccc(S(=O)(=O)NC2CCCc3cc(N)ccc32)cc1.Cl. The third kappa shape index (κ3) is 4.76. The van der Waals surface area contributed by atoms with E-state index in [1.807, 2.05) is 30.3 Å². The van der Waals surface area contributed by atoms with Crippen LogP contribution in [-0.4, -0.2) is 22.1 Å². The van der Waals surface area contributed by atoms with E-state index in [1.165, 1.54) is 0 Å². The molecule has 0 aromatic heterocycles. The molecule has 0 fully saturated rings. The van der Waals surface area contributed by atoms with Crippen molar-refractivity contribution in [3.63, 3.8) is 0 Å². The Balaban J connectivity index is 0.00000243. The van der Waals surface area contributed by atoms with Gasteiger partial charge in [-0.1, -0.05) is 18.2 Å². The first-order valence-electron chi connectivity index (χ1n) is 8.48. The number of halogens is 1. The summed E-state index contributed by atoms with van der Waals surface area (Å²) in [6.45, 7) is 0.617. The van der Waals surface area contributed by atoms with Crippen molar-refractivity contribution >= 4 is 28.1 Å². The van der Waals surface area contributed by atoms with Gasteiger partial charge >= 0.3 is 0 Å². The summed E-state index contributed by atoms with van der Waals surface area (Å²) < 4.78 is 33.4. The summed E-state index contributed by atoms with van der Waals surface area (Å²) in [4.78, 5) is 0.288. The molecule has 1 atom stereocenters. The molecule has 1 aliphatic rings. The van der Waals surface area contributed by atoms with Crippen LogP contribution in [0.2, 0.25) is 0 Å². The minimum atomic E-state index is -3.56. The number of sulfonamides is 1. The maximum atomic E-state index is 12.7. The number of rotatable bonds is 6. The summed E-state index contributed by atoms with van der Waals surface area (Å²) >= 11 is 0. The molecule has 0 spiro atoms. The van der Waals surface area contributed by atoms with Gasteiger partial charge < -0.3 is 10.5 Å². The van der Waals surface area contributed by atoms with Gasteiger partial charge in [-0.3, -0.25) is 0 Å². The highest BCUT2D eigenvalue weighted by atomic mass is 35.5. The number of hydrogen-bond donors (Lipinski definition) is 2. The standard InChI is InChI=1S/C19H24N2O3S.ClH/c1-24-12-11-14-5-8-17(9-6-14)25(22,23)21-19-4-2-3-15-13-16(20)7-10-18(15)19;/h5-10,13,19,21H,2-4,11-12,20H2,1H3;1H. The first-order valence-corrected chi connectivity index (χ1v) is 9.96. The Labute approximate surface area is 161 Å². The Morgan fingerprint density at radius 3 is 2.62 bits per heavy atom. The van der Waals surface area contributed by atoms with Gasteiger partial charge in [0.2, 0.25) is 10.0 Å². The zero-order chi connectivity index (χ0) is 17.9. The van der Waals surface area contributed by atoms with Gasteiger partial charge in [0, 0.05) is 18.8 Å². The second-order valence-electron chi connectivity index (χ2n) is 6.41. The van der Waals surface area contributed by atoms with Gasteiger partial charge in [0.1, 0.15) is 0 Å². The van der Waals surface area contributed by atoms with Crippen LogP contribution in [0.3, 0.4) is 0 Å². The molecule has 0 heterocycles. The van der Waals surface area contributed by atoms with Crippen molar-refractivity contribution in [3.05, 3.63) is 59.2 Å². The summed E-state index contributed by atoms with van der Waals surface area (Å²) in [6.07, 6.45) is 3.44. The third-order valence-electron chi connectivity index (χ3n) is 4.61. The van der Waals surface area contributed by atoms with E-state index in [2.05, 4.69) is 4.72 Å². The minimum absolute atomic E-state index is 0. The smallest absolute Gasteiger partial charge is 0.241 e. The van der Waals surface area contributed by atoms with Gasteiger partial charge in [0.05, 0.1) is 11.5 Å². The molecule has 26 heavy (non-hydrogen) atoms. The molecule has 2 aromatic carbocycles. The number of ether oxygens (including phenoxy) is 1. The molecule has 7 heteroatoms. The summed E-state index contributed by atoms with van der Waals surface area (Å²) in [6, 6.07) is 12.5. The van der Waals surface area contributed by atoms with Crippen LogP contribution in [0.15, 0.2) is 47.4 Å². The van der Waals surface area contributed by atoms with Crippen LogP contribution >= 0.6 is 12.4 Å². The molecule has 142 valence electrons. The van der Waals surface area contributed by atoms with Gasteiger partial charge in [-0.05, 0) is 66.6 Å². The molecule has 3 N–H and O–H groups in total. The maximum Gasteiger partial charge on any atom is 0.241 e. The van der Waals surface area contributed by atoms with E-state index in [-0.39, 0.29) is 23.3 Å². The Kier molecular flexibility index (Phi) is 7.06. The third-order valence-corrected chi connectivity index (χ3v) is 6.09. The number of nitrogens with two attached hydrogens (primary N) is 1. The summed E-state index contributed by atoms with van der Waals surface area (Å²) in [5, 5.41) is 0. The number of nitrogen functional groups attached to an aromatic ring is 1. The van der Waals surface area contributed by atoms with Crippen molar-refractivity contribution in [2.75, 3.05) is 19.5 Å². The van der Waals surface area contributed by atoms with Crippen LogP contribution in [0.1, 0.15) is 35.6 Å². The molecule has 0 radical (unpaired) electrons. The van der Waals surface area contributed by atoms with E-state index in [0.29, 0.717) is 12.3 Å². The molecule has 1 aliphatic carbocycles. The number of benzene rings is 2. The highest BCUT2D eigenvalue weighted by Gasteiger charge is 2.25. The van der Waals surface area contributed by atoms with E-state index in [1.54, 1.807) is 19.2 Å². The van der Waals surface area contributed by atoms with Gasteiger partial charge in [0.25, 0.3) is 0 Å². The largest absolute Gasteiger partial charge is 0.399 e. The number of nitrogens with one attached hydrogen (secondary N) is 1. The van der Waals surface area contributed by atoms with Crippen LogP contribution in [0.4, 0.5) is 5.69 Å². The van der Waals surface area contributed by atoms with Gasteiger partial charge in [-0.25, -0.2) is 13.1 Å². The van der Waals surface area contributed by atoms with Crippen LogP contribution < -0.4 is 10.5 Å². The molecule has 3 rings (SSSR count). The highest BCUT2D eigenvalue weighted by molar-refractivity contribution is 7.89. The highest BCUT2D eigenvalue weighted by Crippen LogP contribution is 2.32. The fourth-order valence-corrected chi connectivity index (χ4v) is 4.52. The first kappa shape index (κ1) is 20.7. The molecule has 0 amide bonds. The van der Waals surface area contributed by atoms with Crippen molar-refractivity contribution in [3.8, 4) is 0 Å². The average molecular weight is 397 g/mol. The molecule has 0 saturated heterocycles. The second kappa shape index (κ2) is 8.86. The van der Waals surface area contributed by atoms with E-state index in [0.717, 1.165) is 42.4 Å². The summed E-state index contributed by atoms with van der Waals surface area (Å²) in [5.41, 5.74) is 9.78. The quantitative estimate of drug-likeness (QED) is 0.734. The number of methoxy groups -OCH3 is 1. The molecule has 1 unspecified atom stereocenters. The number of fused-ring (bicyclic) bond motifs is 1. The van der Waals surface area contributed by atoms with E-state index < -0.39 is 10.0 Å². The lowest BCUT2D eigenvalue weighted by Crippen LogP contribution is -2.31. The predicted molar refractivity (Wildman–Crippen MR) is 106 cm³/mol. The number of hydrogen-bond acceptors (Lipinski definition) is 4. The lowest BCUT2D eigenvalue weighted by molar-refractivity contribution is 0.202.